The van der Waals surface area contributed by atoms with Crippen LogP contribution in [0.3, 0.4) is 0 Å². The Morgan fingerprint density at radius 1 is 1.59 bits per heavy atom. The molecule has 3 rings (SSSR count). The first-order valence-electron chi connectivity index (χ1n) is 7.68. The molecule has 2 fully saturated rings. The molecule has 2 atom stereocenters. The van der Waals surface area contributed by atoms with Crippen LogP contribution in [0.5, 0.6) is 5.75 Å². The second-order valence-electron chi connectivity index (χ2n) is 5.98. The topological polar surface area (TPSA) is 60.9 Å². The molecule has 6 nitrogen and oxygen atoms in total. The Labute approximate surface area is 130 Å². The molecular formula is C16H22N2O4. The van der Waals surface area contributed by atoms with Crippen LogP contribution in [0.15, 0.2) is 24.5 Å². The molecule has 0 bridgehead atoms. The van der Waals surface area contributed by atoms with E-state index in [0.717, 1.165) is 31.6 Å². The van der Waals surface area contributed by atoms with Crippen LogP contribution in [0.2, 0.25) is 0 Å². The maximum Gasteiger partial charge on any atom is 0.248 e. The quantitative estimate of drug-likeness (QED) is 0.838. The number of hydrogen-bond acceptors (Lipinski definition) is 5. The zero-order chi connectivity index (χ0) is 15.4. The van der Waals surface area contributed by atoms with Gasteiger partial charge in [0.2, 0.25) is 5.91 Å². The van der Waals surface area contributed by atoms with E-state index in [1.165, 1.54) is 0 Å². The van der Waals surface area contributed by atoms with Crippen molar-refractivity contribution in [3.8, 4) is 5.75 Å². The van der Waals surface area contributed by atoms with Gasteiger partial charge in [-0.2, -0.15) is 0 Å². The summed E-state index contributed by atoms with van der Waals surface area (Å²) in [6.07, 6.45) is 6.17. The van der Waals surface area contributed by atoms with Crippen molar-refractivity contribution in [1.29, 1.82) is 0 Å². The standard InChI is InChI=1S/C16H22N2O4/c1-20-11-15(19)18-7-3-5-16(12-18)8-14(10-21-16)22-13-4-2-6-17-9-13/h2,4,6,9,14H,3,5,7-8,10-12H2,1H3. The second kappa shape index (κ2) is 6.62. The van der Waals surface area contributed by atoms with E-state index >= 15 is 0 Å². The largest absolute Gasteiger partial charge is 0.486 e. The van der Waals surface area contributed by atoms with Gasteiger partial charge >= 0.3 is 0 Å². The van der Waals surface area contributed by atoms with Crippen LogP contribution >= 0.6 is 0 Å². The molecule has 1 aromatic heterocycles. The van der Waals surface area contributed by atoms with Gasteiger partial charge in [-0.3, -0.25) is 9.78 Å². The maximum atomic E-state index is 12.0. The van der Waals surface area contributed by atoms with Crippen molar-refractivity contribution in [2.75, 3.05) is 33.4 Å². The molecule has 22 heavy (non-hydrogen) atoms. The van der Waals surface area contributed by atoms with Crippen molar-refractivity contribution >= 4 is 5.91 Å². The van der Waals surface area contributed by atoms with Gasteiger partial charge in [0.25, 0.3) is 0 Å². The van der Waals surface area contributed by atoms with Crippen LogP contribution in [0, 0.1) is 0 Å². The summed E-state index contributed by atoms with van der Waals surface area (Å²) < 4.78 is 16.9. The minimum Gasteiger partial charge on any atom is -0.486 e. The molecule has 2 aliphatic heterocycles. The number of piperidine rings is 1. The predicted octanol–water partition coefficient (Wildman–Crippen LogP) is 1.26. The number of methoxy groups -OCH3 is 1. The SMILES string of the molecule is COCC(=O)N1CCCC2(CC(Oc3cccnc3)CO2)C1. The summed E-state index contributed by atoms with van der Waals surface area (Å²) in [4.78, 5) is 17.9. The number of ether oxygens (including phenoxy) is 3. The summed E-state index contributed by atoms with van der Waals surface area (Å²) in [7, 11) is 1.54. The number of pyridine rings is 1. The van der Waals surface area contributed by atoms with E-state index in [1.54, 1.807) is 19.5 Å². The fourth-order valence-electron chi connectivity index (χ4n) is 3.30. The fraction of sp³-hybridized carbons (Fsp3) is 0.625. The van der Waals surface area contributed by atoms with E-state index in [-0.39, 0.29) is 24.2 Å². The molecule has 1 spiro atoms. The summed E-state index contributed by atoms with van der Waals surface area (Å²) in [6.45, 7) is 2.09. The third-order valence-electron chi connectivity index (χ3n) is 4.27. The molecule has 1 aromatic rings. The number of hydrogen-bond donors (Lipinski definition) is 0. The van der Waals surface area contributed by atoms with Gasteiger partial charge in [-0.25, -0.2) is 0 Å². The second-order valence-corrected chi connectivity index (χ2v) is 5.98. The smallest absolute Gasteiger partial charge is 0.248 e. The van der Waals surface area contributed by atoms with Crippen LogP contribution in [0.25, 0.3) is 0 Å². The number of likely N-dealkylation sites (tertiary alicyclic amines) is 1. The summed E-state index contributed by atoms with van der Waals surface area (Å²) in [6, 6.07) is 3.75. The van der Waals surface area contributed by atoms with Crippen LogP contribution in [0.4, 0.5) is 0 Å². The molecule has 6 heteroatoms. The van der Waals surface area contributed by atoms with Crippen LogP contribution in [-0.4, -0.2) is 60.9 Å². The molecule has 120 valence electrons. The molecule has 2 saturated heterocycles. The Morgan fingerprint density at radius 2 is 2.50 bits per heavy atom. The van der Waals surface area contributed by atoms with Crippen molar-refractivity contribution in [1.82, 2.24) is 9.88 Å². The van der Waals surface area contributed by atoms with E-state index in [9.17, 15) is 4.79 Å². The molecule has 2 unspecified atom stereocenters. The maximum absolute atomic E-state index is 12.0. The van der Waals surface area contributed by atoms with E-state index in [2.05, 4.69) is 4.98 Å². The highest BCUT2D eigenvalue weighted by atomic mass is 16.6. The van der Waals surface area contributed by atoms with Crippen LogP contribution in [0.1, 0.15) is 19.3 Å². The van der Waals surface area contributed by atoms with Crippen LogP contribution in [-0.2, 0) is 14.3 Å². The van der Waals surface area contributed by atoms with Gasteiger partial charge < -0.3 is 19.1 Å². The lowest BCUT2D eigenvalue weighted by atomic mass is 9.89. The molecule has 1 amide bonds. The average Bonchev–Trinajstić information content (AvgIpc) is 2.90. The molecular weight excluding hydrogens is 284 g/mol. The van der Waals surface area contributed by atoms with Crippen molar-refractivity contribution in [3.05, 3.63) is 24.5 Å². The Kier molecular flexibility index (Phi) is 4.59. The van der Waals surface area contributed by atoms with Crippen molar-refractivity contribution < 1.29 is 19.0 Å². The number of nitrogens with zero attached hydrogens (tertiary/aromatic N) is 2. The van der Waals surface area contributed by atoms with Gasteiger partial charge in [0.1, 0.15) is 18.5 Å². The Morgan fingerprint density at radius 3 is 3.27 bits per heavy atom. The van der Waals surface area contributed by atoms with Crippen LogP contribution < -0.4 is 4.74 Å². The fourth-order valence-corrected chi connectivity index (χ4v) is 3.30. The summed E-state index contributed by atoms with van der Waals surface area (Å²) in [5, 5.41) is 0. The first-order valence-corrected chi connectivity index (χ1v) is 7.68. The van der Waals surface area contributed by atoms with E-state index in [4.69, 9.17) is 14.2 Å². The normalized spacial score (nSPS) is 28.0. The lowest BCUT2D eigenvalue weighted by Crippen LogP contribution is -2.51. The van der Waals surface area contributed by atoms with Gasteiger partial charge in [-0.05, 0) is 25.0 Å². The van der Waals surface area contributed by atoms with Gasteiger partial charge in [-0.15, -0.1) is 0 Å². The molecule has 0 N–H and O–H groups in total. The van der Waals surface area contributed by atoms with Gasteiger partial charge in [0, 0.05) is 32.8 Å². The third kappa shape index (κ3) is 3.39. The summed E-state index contributed by atoms with van der Waals surface area (Å²) in [5.74, 6) is 0.790. The van der Waals surface area contributed by atoms with Crippen molar-refractivity contribution in [3.63, 3.8) is 0 Å². The first-order chi connectivity index (χ1) is 10.7. The molecule has 3 heterocycles. The number of amides is 1. The number of carbonyl (C=O) groups is 1. The van der Waals surface area contributed by atoms with Gasteiger partial charge in [0.05, 0.1) is 18.4 Å². The highest BCUT2D eigenvalue weighted by molar-refractivity contribution is 5.77. The Bertz CT molecular complexity index is 510. The number of carbonyl (C=O) groups excluding carboxylic acids is 1. The lowest BCUT2D eigenvalue weighted by molar-refractivity contribution is -0.143. The van der Waals surface area contributed by atoms with Gasteiger partial charge in [0.15, 0.2) is 0 Å². The van der Waals surface area contributed by atoms with Gasteiger partial charge in [-0.1, -0.05) is 0 Å². The summed E-state index contributed by atoms with van der Waals surface area (Å²) in [5.41, 5.74) is -0.269. The Balaban J connectivity index is 1.59. The predicted molar refractivity (Wildman–Crippen MR) is 79.6 cm³/mol. The molecule has 0 aromatic carbocycles. The van der Waals surface area contributed by atoms with E-state index in [0.29, 0.717) is 13.2 Å². The molecule has 2 aliphatic rings. The summed E-state index contributed by atoms with van der Waals surface area (Å²) >= 11 is 0. The van der Waals surface area contributed by atoms with E-state index in [1.807, 2.05) is 17.0 Å². The molecule has 0 aliphatic carbocycles. The van der Waals surface area contributed by atoms with Crippen molar-refractivity contribution in [2.45, 2.75) is 31.0 Å². The van der Waals surface area contributed by atoms with Crippen molar-refractivity contribution in [2.24, 2.45) is 0 Å². The zero-order valence-corrected chi connectivity index (χ0v) is 12.9. The highest BCUT2D eigenvalue weighted by Gasteiger charge is 2.45. The molecule has 0 saturated carbocycles. The highest BCUT2D eigenvalue weighted by Crippen LogP contribution is 2.36. The monoisotopic (exact) mass is 306 g/mol. The minimum atomic E-state index is -0.269. The number of aromatic nitrogens is 1. The zero-order valence-electron chi connectivity index (χ0n) is 12.9. The van der Waals surface area contributed by atoms with E-state index < -0.39 is 0 Å². The first kappa shape index (κ1) is 15.2. The Hall–Kier alpha value is -1.66. The number of rotatable bonds is 4. The lowest BCUT2D eigenvalue weighted by Gasteiger charge is -2.39. The average molecular weight is 306 g/mol. The minimum absolute atomic E-state index is 0.0154. The third-order valence-corrected chi connectivity index (χ3v) is 4.27. The molecule has 0 radical (unpaired) electrons.